The molecule has 4 nitrogen and oxygen atoms in total. The molecule has 2 rings (SSSR count). The van der Waals surface area contributed by atoms with Gasteiger partial charge < -0.3 is 20.1 Å². The topological polar surface area (TPSA) is 47.7 Å². The van der Waals surface area contributed by atoms with E-state index in [0.29, 0.717) is 12.8 Å². The number of hydrogen-bond donors (Lipinski definition) is 1. The Morgan fingerprint density at radius 1 is 1.29 bits per heavy atom. The first-order valence-electron chi connectivity index (χ1n) is 5.89. The molecular formula is C13H20N2O2. The van der Waals surface area contributed by atoms with Gasteiger partial charge in [-0.3, -0.25) is 0 Å². The molecule has 2 atom stereocenters. The Balaban J connectivity index is 2.24. The third-order valence-corrected chi connectivity index (χ3v) is 3.00. The van der Waals surface area contributed by atoms with E-state index in [4.69, 9.17) is 15.2 Å². The van der Waals surface area contributed by atoms with E-state index in [1.807, 2.05) is 13.0 Å². The van der Waals surface area contributed by atoms with Crippen LogP contribution < -0.4 is 15.2 Å². The quantitative estimate of drug-likeness (QED) is 0.865. The maximum atomic E-state index is 5.90. The van der Waals surface area contributed by atoms with Crippen molar-refractivity contribution in [1.82, 2.24) is 4.90 Å². The minimum atomic E-state index is 0.174. The zero-order valence-corrected chi connectivity index (χ0v) is 10.6. The minimum Gasteiger partial charge on any atom is -0.454 e. The van der Waals surface area contributed by atoms with Crippen molar-refractivity contribution in [2.24, 2.45) is 5.73 Å². The van der Waals surface area contributed by atoms with Crippen molar-refractivity contribution in [2.75, 3.05) is 20.9 Å². The fraction of sp³-hybridized carbons (Fsp3) is 0.538. The monoisotopic (exact) mass is 236 g/mol. The van der Waals surface area contributed by atoms with Gasteiger partial charge in [-0.25, -0.2) is 0 Å². The van der Waals surface area contributed by atoms with E-state index >= 15 is 0 Å². The van der Waals surface area contributed by atoms with Gasteiger partial charge in [-0.15, -0.1) is 0 Å². The van der Waals surface area contributed by atoms with Crippen LogP contribution in [0.15, 0.2) is 18.2 Å². The molecule has 0 aromatic heterocycles. The lowest BCUT2D eigenvalue weighted by Gasteiger charge is -2.26. The predicted molar refractivity (Wildman–Crippen MR) is 67.3 cm³/mol. The smallest absolute Gasteiger partial charge is 0.231 e. The molecule has 1 heterocycles. The summed E-state index contributed by atoms with van der Waals surface area (Å²) in [4.78, 5) is 2.18. The highest BCUT2D eigenvalue weighted by atomic mass is 16.7. The summed E-state index contributed by atoms with van der Waals surface area (Å²) in [7, 11) is 4.13. The van der Waals surface area contributed by atoms with Crippen LogP contribution in [0.4, 0.5) is 0 Å². The van der Waals surface area contributed by atoms with Crippen LogP contribution >= 0.6 is 0 Å². The van der Waals surface area contributed by atoms with Crippen LogP contribution in [-0.4, -0.2) is 31.8 Å². The van der Waals surface area contributed by atoms with E-state index in [1.54, 1.807) is 0 Å². The van der Waals surface area contributed by atoms with E-state index in [2.05, 4.69) is 31.1 Å². The summed E-state index contributed by atoms with van der Waals surface area (Å²) in [5.41, 5.74) is 7.12. The third kappa shape index (κ3) is 2.70. The molecule has 0 radical (unpaired) electrons. The number of benzene rings is 1. The molecule has 0 spiro atoms. The minimum absolute atomic E-state index is 0.174. The third-order valence-electron chi connectivity index (χ3n) is 3.00. The van der Waals surface area contributed by atoms with Gasteiger partial charge in [-0.1, -0.05) is 6.07 Å². The molecule has 0 fully saturated rings. The fourth-order valence-corrected chi connectivity index (χ4v) is 2.12. The molecule has 1 aliphatic heterocycles. The SMILES string of the molecule is CC(N)CC(c1ccc2c(c1)OCO2)N(C)C. The van der Waals surface area contributed by atoms with E-state index in [9.17, 15) is 0 Å². The Morgan fingerprint density at radius 3 is 2.65 bits per heavy atom. The summed E-state index contributed by atoms with van der Waals surface area (Å²) in [5, 5.41) is 0. The second-order valence-electron chi connectivity index (χ2n) is 4.81. The summed E-state index contributed by atoms with van der Waals surface area (Å²) in [5.74, 6) is 1.66. The Bertz CT molecular complexity index is 391. The zero-order chi connectivity index (χ0) is 12.4. The van der Waals surface area contributed by atoms with Crippen molar-refractivity contribution in [3.8, 4) is 11.5 Å². The molecule has 0 amide bonds. The van der Waals surface area contributed by atoms with Crippen molar-refractivity contribution in [3.63, 3.8) is 0 Å². The van der Waals surface area contributed by atoms with E-state index in [-0.39, 0.29) is 6.04 Å². The lowest BCUT2D eigenvalue weighted by Crippen LogP contribution is -2.27. The fourth-order valence-electron chi connectivity index (χ4n) is 2.12. The highest BCUT2D eigenvalue weighted by Gasteiger charge is 2.20. The Morgan fingerprint density at radius 2 is 2.00 bits per heavy atom. The standard InChI is InChI=1S/C13H20N2O2/c1-9(14)6-11(15(2)3)10-4-5-12-13(7-10)17-8-16-12/h4-5,7,9,11H,6,8,14H2,1-3H3. The van der Waals surface area contributed by atoms with Crippen molar-refractivity contribution in [3.05, 3.63) is 23.8 Å². The van der Waals surface area contributed by atoms with Gasteiger partial charge in [0.2, 0.25) is 6.79 Å². The van der Waals surface area contributed by atoms with Crippen LogP contribution in [0.2, 0.25) is 0 Å². The molecule has 2 unspecified atom stereocenters. The van der Waals surface area contributed by atoms with Gasteiger partial charge >= 0.3 is 0 Å². The largest absolute Gasteiger partial charge is 0.454 e. The van der Waals surface area contributed by atoms with Gasteiger partial charge in [-0.2, -0.15) is 0 Å². The van der Waals surface area contributed by atoms with E-state index in [1.165, 1.54) is 5.56 Å². The lowest BCUT2D eigenvalue weighted by atomic mass is 9.99. The van der Waals surface area contributed by atoms with Crippen molar-refractivity contribution >= 4 is 0 Å². The van der Waals surface area contributed by atoms with Crippen LogP contribution in [-0.2, 0) is 0 Å². The first-order valence-corrected chi connectivity index (χ1v) is 5.89. The molecule has 1 aliphatic rings. The first kappa shape index (κ1) is 12.2. The number of rotatable bonds is 4. The molecule has 0 saturated heterocycles. The maximum absolute atomic E-state index is 5.90. The highest BCUT2D eigenvalue weighted by Crippen LogP contribution is 2.36. The van der Waals surface area contributed by atoms with Crippen molar-refractivity contribution in [2.45, 2.75) is 25.4 Å². The second-order valence-corrected chi connectivity index (χ2v) is 4.81. The molecule has 94 valence electrons. The Kier molecular flexibility index (Phi) is 3.54. The molecule has 0 saturated carbocycles. The highest BCUT2D eigenvalue weighted by molar-refractivity contribution is 5.45. The zero-order valence-electron chi connectivity index (χ0n) is 10.6. The van der Waals surface area contributed by atoms with Crippen LogP contribution in [0, 0.1) is 0 Å². The average Bonchev–Trinajstić information content (AvgIpc) is 2.72. The molecule has 4 heteroatoms. The lowest BCUT2D eigenvalue weighted by molar-refractivity contribution is 0.174. The van der Waals surface area contributed by atoms with Gasteiger partial charge in [0.1, 0.15) is 0 Å². The average molecular weight is 236 g/mol. The first-order chi connectivity index (χ1) is 8.08. The molecule has 17 heavy (non-hydrogen) atoms. The van der Waals surface area contributed by atoms with Crippen molar-refractivity contribution < 1.29 is 9.47 Å². The van der Waals surface area contributed by atoms with Gasteiger partial charge in [0.25, 0.3) is 0 Å². The molecule has 1 aromatic rings. The van der Waals surface area contributed by atoms with Gasteiger partial charge in [0.15, 0.2) is 11.5 Å². The Labute approximate surface area is 102 Å². The van der Waals surface area contributed by atoms with Crippen molar-refractivity contribution in [1.29, 1.82) is 0 Å². The number of fused-ring (bicyclic) bond motifs is 1. The van der Waals surface area contributed by atoms with Crippen LogP contribution in [0.25, 0.3) is 0 Å². The molecule has 0 bridgehead atoms. The summed E-state index contributed by atoms with van der Waals surface area (Å²) in [6.07, 6.45) is 0.923. The molecule has 1 aromatic carbocycles. The van der Waals surface area contributed by atoms with Crippen LogP contribution in [0.5, 0.6) is 11.5 Å². The summed E-state index contributed by atoms with van der Waals surface area (Å²) >= 11 is 0. The second kappa shape index (κ2) is 4.94. The normalized spacial score (nSPS) is 17.2. The summed E-state index contributed by atoms with van der Waals surface area (Å²) < 4.78 is 10.7. The number of nitrogens with zero attached hydrogens (tertiary/aromatic N) is 1. The number of hydrogen-bond acceptors (Lipinski definition) is 4. The van der Waals surface area contributed by atoms with E-state index in [0.717, 1.165) is 17.9 Å². The summed E-state index contributed by atoms with van der Waals surface area (Å²) in [6.45, 7) is 2.35. The Hall–Kier alpha value is -1.26. The number of ether oxygens (including phenoxy) is 2. The number of nitrogens with two attached hydrogens (primary N) is 1. The van der Waals surface area contributed by atoms with Gasteiger partial charge in [0.05, 0.1) is 0 Å². The van der Waals surface area contributed by atoms with Crippen LogP contribution in [0.1, 0.15) is 24.9 Å². The predicted octanol–water partition coefficient (Wildman–Crippen LogP) is 1.76. The maximum Gasteiger partial charge on any atom is 0.231 e. The molecular weight excluding hydrogens is 216 g/mol. The molecule has 2 N–H and O–H groups in total. The molecule has 0 aliphatic carbocycles. The van der Waals surface area contributed by atoms with E-state index < -0.39 is 0 Å². The van der Waals surface area contributed by atoms with Gasteiger partial charge in [-0.05, 0) is 45.1 Å². The summed E-state index contributed by atoms with van der Waals surface area (Å²) in [6, 6.07) is 6.59. The van der Waals surface area contributed by atoms with Crippen LogP contribution in [0.3, 0.4) is 0 Å². The van der Waals surface area contributed by atoms with Gasteiger partial charge in [0, 0.05) is 12.1 Å².